The third kappa shape index (κ3) is 5.88. The summed E-state index contributed by atoms with van der Waals surface area (Å²) in [6.07, 6.45) is -24.5. The second-order valence-corrected chi connectivity index (χ2v) is 14.4. The van der Waals surface area contributed by atoms with Crippen LogP contribution in [0.1, 0.15) is 103 Å². The Morgan fingerprint density at radius 2 is 0.741 bits per heavy atom. The summed E-state index contributed by atoms with van der Waals surface area (Å²) in [6.45, 7) is 6.12. The summed E-state index contributed by atoms with van der Waals surface area (Å²) >= 11 is 0. The molecule has 0 unspecified atom stereocenters. The Kier molecular flexibility index (Phi) is 9.72. The van der Waals surface area contributed by atoms with E-state index in [2.05, 4.69) is 0 Å². The molecule has 0 atom stereocenters. The van der Waals surface area contributed by atoms with E-state index in [1.54, 1.807) is 13.8 Å². The highest BCUT2D eigenvalue weighted by Gasteiger charge is 2.74. The molecule has 2 aliphatic rings. The highest BCUT2D eigenvalue weighted by molar-refractivity contribution is 6.34. The molecule has 2 heterocycles. The second-order valence-electron chi connectivity index (χ2n) is 14.4. The maximum atomic E-state index is 15.1. The van der Waals surface area contributed by atoms with Crippen LogP contribution >= 0.6 is 0 Å². The fourth-order valence-electron chi connectivity index (χ4n) is 7.61. The Balaban J connectivity index is 1.46. The van der Waals surface area contributed by atoms with E-state index in [4.69, 9.17) is 0 Å². The van der Waals surface area contributed by atoms with Crippen LogP contribution in [0.2, 0.25) is 0 Å². The summed E-state index contributed by atoms with van der Waals surface area (Å²) in [4.78, 5) is 53.7. The molecule has 4 aromatic rings. The van der Waals surface area contributed by atoms with Gasteiger partial charge in [0.25, 0.3) is 23.6 Å². The lowest BCUT2D eigenvalue weighted by Crippen LogP contribution is -2.55. The maximum absolute atomic E-state index is 15.1. The third-order valence-corrected chi connectivity index (χ3v) is 10.5. The number of amides is 4. The normalized spacial score (nSPS) is 15.6. The molecule has 0 spiro atoms. The molecule has 306 valence electrons. The van der Waals surface area contributed by atoms with Crippen LogP contribution in [0.25, 0.3) is 0 Å². The number of hydrogen-bond donors (Lipinski definition) is 0. The summed E-state index contributed by atoms with van der Waals surface area (Å²) in [5, 5.41) is 0. The first-order valence-corrected chi connectivity index (χ1v) is 17.2. The number of nitrogens with zero attached hydrogens (tertiary/aromatic N) is 2. The van der Waals surface area contributed by atoms with E-state index < -0.39 is 115 Å². The minimum absolute atomic E-state index is 0.157. The van der Waals surface area contributed by atoms with E-state index in [-0.39, 0.29) is 29.0 Å². The van der Waals surface area contributed by atoms with E-state index in [0.717, 1.165) is 12.1 Å². The predicted octanol–water partition coefficient (Wildman–Crippen LogP) is 10.4. The Morgan fingerprint density at radius 3 is 1.14 bits per heavy atom. The molecule has 6 rings (SSSR count). The van der Waals surface area contributed by atoms with Crippen molar-refractivity contribution in [1.29, 1.82) is 0 Å². The Morgan fingerprint density at radius 1 is 0.414 bits per heavy atom. The van der Waals surface area contributed by atoms with Crippen molar-refractivity contribution in [2.45, 2.75) is 75.2 Å². The molecule has 4 amide bonds. The zero-order valence-electron chi connectivity index (χ0n) is 30.3. The fraction of sp³-hybridized carbons (Fsp3) is 0.300. The largest absolute Gasteiger partial charge is 0.411 e. The van der Waals surface area contributed by atoms with Crippen LogP contribution in [-0.2, 0) is 10.8 Å². The van der Waals surface area contributed by atoms with Gasteiger partial charge in [-0.05, 0) is 84.0 Å². The first kappa shape index (κ1) is 41.9. The van der Waals surface area contributed by atoms with Crippen molar-refractivity contribution in [3.05, 3.63) is 135 Å². The molecular weight excluding hydrogens is 800 g/mol. The molecule has 2 aliphatic heterocycles. The first-order valence-electron chi connectivity index (χ1n) is 17.2. The van der Waals surface area contributed by atoms with E-state index in [1.165, 1.54) is 13.8 Å². The van der Waals surface area contributed by atoms with Crippen molar-refractivity contribution in [2.24, 2.45) is 0 Å². The van der Waals surface area contributed by atoms with E-state index in [9.17, 15) is 45.5 Å². The number of fused-ring (bicyclic) bond motifs is 2. The van der Waals surface area contributed by atoms with E-state index >= 15 is 26.3 Å². The zero-order chi connectivity index (χ0) is 43.3. The summed E-state index contributed by atoms with van der Waals surface area (Å²) in [6, 6.07) is 6.80. The van der Waals surface area contributed by atoms with Crippen molar-refractivity contribution >= 4 is 29.3 Å². The maximum Gasteiger partial charge on any atom is 0.411 e. The summed E-state index contributed by atoms with van der Waals surface area (Å²) in [7, 11) is 0. The molecule has 58 heavy (non-hydrogen) atoms. The number of rotatable bonds is 7. The number of hydrogen-bond acceptors (Lipinski definition) is 4. The Labute approximate surface area is 321 Å². The van der Waals surface area contributed by atoms with E-state index in [1.807, 2.05) is 0 Å². The molecular formula is C40H28F12N2O4. The number of halogens is 12. The number of benzene rings is 4. The third-order valence-electron chi connectivity index (χ3n) is 10.5. The number of carbonyl (C=O) groups is 4. The van der Waals surface area contributed by atoms with Crippen LogP contribution in [0.5, 0.6) is 0 Å². The average molecular weight is 829 g/mol. The first-order chi connectivity index (χ1) is 26.6. The van der Waals surface area contributed by atoms with Gasteiger partial charge in [-0.25, -0.2) is 4.90 Å². The number of carbonyl (C=O) groups excluding carboxylic acids is 4. The lowest BCUT2D eigenvalue weighted by Gasteiger charge is -2.38. The van der Waals surface area contributed by atoms with E-state index in [0.29, 0.717) is 65.1 Å². The molecule has 4 aromatic carbocycles. The summed E-state index contributed by atoms with van der Waals surface area (Å²) in [5.41, 5.74) is -18.5. The van der Waals surface area contributed by atoms with Crippen LogP contribution in [0.15, 0.2) is 84.9 Å². The Bertz CT molecular complexity index is 2310. The monoisotopic (exact) mass is 828 g/mol. The van der Waals surface area contributed by atoms with Crippen molar-refractivity contribution in [2.75, 3.05) is 4.90 Å². The Hall–Kier alpha value is -5.68. The van der Waals surface area contributed by atoms with Crippen LogP contribution in [-0.4, -0.2) is 59.3 Å². The summed E-state index contributed by atoms with van der Waals surface area (Å²) in [5.74, 6) is -5.26. The molecule has 18 heteroatoms. The molecule has 0 saturated carbocycles. The van der Waals surface area contributed by atoms with Gasteiger partial charge in [0.15, 0.2) is 0 Å². The van der Waals surface area contributed by atoms with Crippen molar-refractivity contribution in [3.63, 3.8) is 0 Å². The topological polar surface area (TPSA) is 74.8 Å². The molecule has 6 nitrogen and oxygen atoms in total. The quantitative estimate of drug-likeness (QED) is 0.137. The van der Waals surface area contributed by atoms with Crippen molar-refractivity contribution in [3.8, 4) is 0 Å². The molecule has 0 bridgehead atoms. The van der Waals surface area contributed by atoms with Crippen molar-refractivity contribution < 1.29 is 71.9 Å². The highest BCUT2D eigenvalue weighted by atomic mass is 19.4. The average Bonchev–Trinajstić information content (AvgIpc) is 3.50. The predicted molar refractivity (Wildman–Crippen MR) is 182 cm³/mol. The molecule has 0 saturated heterocycles. The molecule has 0 fully saturated rings. The summed E-state index contributed by atoms with van der Waals surface area (Å²) < 4.78 is 179. The van der Waals surface area contributed by atoms with Crippen LogP contribution < -0.4 is 4.90 Å². The number of imide groups is 2. The fourth-order valence-corrected chi connectivity index (χ4v) is 7.61. The molecule has 0 aromatic heterocycles. The van der Waals surface area contributed by atoms with Gasteiger partial charge in [-0.3, -0.25) is 24.1 Å². The lowest BCUT2D eigenvalue weighted by molar-refractivity contribution is -0.290. The minimum atomic E-state index is -6.25. The van der Waals surface area contributed by atoms with Crippen LogP contribution in [0, 0.1) is 0 Å². The molecule has 0 aliphatic carbocycles. The number of anilines is 1. The van der Waals surface area contributed by atoms with Gasteiger partial charge in [-0.15, -0.1) is 0 Å². The minimum Gasteiger partial charge on any atom is -0.272 e. The number of alkyl halides is 12. The van der Waals surface area contributed by atoms with Gasteiger partial charge in [0.05, 0.1) is 27.9 Å². The van der Waals surface area contributed by atoms with Gasteiger partial charge >= 0.3 is 24.7 Å². The van der Waals surface area contributed by atoms with Crippen LogP contribution in [0.4, 0.5) is 58.4 Å². The molecule has 0 radical (unpaired) electrons. The van der Waals surface area contributed by atoms with Gasteiger partial charge < -0.3 is 0 Å². The van der Waals surface area contributed by atoms with Gasteiger partial charge in [0.2, 0.25) is 10.8 Å². The second kappa shape index (κ2) is 13.4. The van der Waals surface area contributed by atoms with Gasteiger partial charge in [-0.2, -0.15) is 52.7 Å². The van der Waals surface area contributed by atoms with Gasteiger partial charge in [0.1, 0.15) is 0 Å². The van der Waals surface area contributed by atoms with Crippen molar-refractivity contribution in [1.82, 2.24) is 4.90 Å². The smallest absolute Gasteiger partial charge is 0.272 e. The SMILES string of the molecule is CC(C)c1ccc(C(c2ccc(N3C(=O)c4ccc(C(c5ccc6c(c5)C(=O)N(C(C)C)C6=O)(C(F)(F)F)C(F)(F)F)cc4C3=O)cc2)(C(F)(F)F)C(F)(F)F)cc1. The highest BCUT2D eigenvalue weighted by Crippen LogP contribution is 2.58. The zero-order valence-corrected chi connectivity index (χ0v) is 30.3. The van der Waals surface area contributed by atoms with Crippen LogP contribution in [0.3, 0.4) is 0 Å². The van der Waals surface area contributed by atoms with Gasteiger partial charge in [0, 0.05) is 6.04 Å². The lowest BCUT2D eigenvalue weighted by atomic mass is 9.71. The van der Waals surface area contributed by atoms with Gasteiger partial charge in [-0.1, -0.05) is 62.4 Å². The molecule has 0 N–H and O–H groups in total. The standard InChI is InChI=1S/C40H28F12N2O4/c1-19(2)21-5-7-22(8-6-21)35(37(41,42)43,38(44,45)46)23-9-13-26(14-10-23)54-32(56)28-16-12-25(18-30(28)34(54)58)36(39(47,48)49,40(50,51)52)24-11-15-27-29(17-24)33(57)53(20(3)4)31(27)55/h5-20H,1-4H3.